The number of ether oxygens (including phenoxy) is 2. The highest BCUT2D eigenvalue weighted by Crippen LogP contribution is 2.18. The molecule has 1 aromatic heterocycles. The van der Waals surface area contributed by atoms with Gasteiger partial charge in [0.15, 0.2) is 0 Å². The van der Waals surface area contributed by atoms with Gasteiger partial charge in [-0.25, -0.2) is 0 Å². The number of methoxy groups -OCH3 is 1. The van der Waals surface area contributed by atoms with Crippen molar-refractivity contribution in [3.8, 4) is 11.5 Å². The molecule has 0 spiro atoms. The number of unbranched alkanes of at least 4 members (excludes halogenated alkanes) is 1. The molecule has 0 amide bonds. The van der Waals surface area contributed by atoms with Crippen LogP contribution in [0.1, 0.15) is 37.4 Å². The van der Waals surface area contributed by atoms with Gasteiger partial charge in [-0.15, -0.1) is 0 Å². The van der Waals surface area contributed by atoms with Crippen LogP contribution in [0.3, 0.4) is 0 Å². The summed E-state index contributed by atoms with van der Waals surface area (Å²) in [6, 6.07) is 12.3. The highest BCUT2D eigenvalue weighted by atomic mass is 16.5. The largest absolute Gasteiger partial charge is 0.495 e. The van der Waals surface area contributed by atoms with E-state index >= 15 is 0 Å². The maximum atomic E-state index is 5.60. The SMILES string of the molecule is CCCOc1ccc(CCCCc2ncccc2OC)cc1. The maximum absolute atomic E-state index is 5.60. The summed E-state index contributed by atoms with van der Waals surface area (Å²) in [5.74, 6) is 1.85. The standard InChI is InChI=1S/C19H25NO2/c1-3-15-22-17-12-10-16(11-13-17)7-4-5-8-18-19(21-2)9-6-14-20-18/h6,9-14H,3-5,7-8,15H2,1-2H3. The lowest BCUT2D eigenvalue weighted by Crippen LogP contribution is -1.97. The Morgan fingerprint density at radius 2 is 1.77 bits per heavy atom. The van der Waals surface area contributed by atoms with E-state index in [9.17, 15) is 0 Å². The summed E-state index contributed by atoms with van der Waals surface area (Å²) in [6.45, 7) is 2.90. The summed E-state index contributed by atoms with van der Waals surface area (Å²) in [5, 5.41) is 0. The van der Waals surface area contributed by atoms with Crippen LogP contribution in [0.4, 0.5) is 0 Å². The van der Waals surface area contributed by atoms with Gasteiger partial charge in [-0.05, 0) is 61.9 Å². The van der Waals surface area contributed by atoms with Gasteiger partial charge in [0.05, 0.1) is 19.4 Å². The van der Waals surface area contributed by atoms with Crippen LogP contribution in [-0.4, -0.2) is 18.7 Å². The van der Waals surface area contributed by atoms with Gasteiger partial charge in [-0.1, -0.05) is 19.1 Å². The Bertz CT molecular complexity index is 552. The first-order valence-electron chi connectivity index (χ1n) is 8.03. The highest BCUT2D eigenvalue weighted by molar-refractivity contribution is 5.28. The monoisotopic (exact) mass is 299 g/mol. The molecule has 0 aliphatic heterocycles. The molecule has 1 heterocycles. The van der Waals surface area contributed by atoms with Crippen molar-refractivity contribution in [1.82, 2.24) is 4.98 Å². The van der Waals surface area contributed by atoms with E-state index in [2.05, 4.69) is 36.2 Å². The van der Waals surface area contributed by atoms with Gasteiger partial charge in [0.2, 0.25) is 0 Å². The third-order valence-electron chi connectivity index (χ3n) is 3.59. The van der Waals surface area contributed by atoms with Gasteiger partial charge >= 0.3 is 0 Å². The number of benzene rings is 1. The fourth-order valence-electron chi connectivity index (χ4n) is 2.39. The van der Waals surface area contributed by atoms with Crippen molar-refractivity contribution in [2.75, 3.05) is 13.7 Å². The van der Waals surface area contributed by atoms with Crippen molar-refractivity contribution in [2.24, 2.45) is 0 Å². The Morgan fingerprint density at radius 3 is 2.50 bits per heavy atom. The molecule has 0 aliphatic rings. The molecule has 0 saturated heterocycles. The summed E-state index contributed by atoms with van der Waals surface area (Å²) in [5.41, 5.74) is 2.41. The molecule has 0 fully saturated rings. The van der Waals surface area contributed by atoms with Gasteiger partial charge in [-0.3, -0.25) is 4.98 Å². The second kappa shape index (κ2) is 9.08. The fourth-order valence-corrected chi connectivity index (χ4v) is 2.39. The van der Waals surface area contributed by atoms with Crippen molar-refractivity contribution in [3.05, 3.63) is 53.9 Å². The zero-order valence-corrected chi connectivity index (χ0v) is 13.5. The highest BCUT2D eigenvalue weighted by Gasteiger charge is 2.03. The lowest BCUT2D eigenvalue weighted by molar-refractivity contribution is 0.317. The second-order valence-electron chi connectivity index (χ2n) is 5.35. The number of rotatable bonds is 9. The average Bonchev–Trinajstić information content (AvgIpc) is 2.58. The number of pyridine rings is 1. The minimum atomic E-state index is 0.783. The predicted octanol–water partition coefficient (Wildman–Crippen LogP) is 4.44. The van der Waals surface area contributed by atoms with Crippen LogP contribution in [0.5, 0.6) is 11.5 Å². The summed E-state index contributed by atoms with van der Waals surface area (Å²) in [6.07, 6.45) is 7.17. The molecule has 0 bridgehead atoms. The third-order valence-corrected chi connectivity index (χ3v) is 3.59. The van der Waals surface area contributed by atoms with Crippen LogP contribution < -0.4 is 9.47 Å². The van der Waals surface area contributed by atoms with E-state index < -0.39 is 0 Å². The second-order valence-corrected chi connectivity index (χ2v) is 5.35. The van der Waals surface area contributed by atoms with Crippen LogP contribution in [0.2, 0.25) is 0 Å². The average molecular weight is 299 g/mol. The number of aromatic nitrogens is 1. The molecule has 0 saturated carbocycles. The molecule has 3 heteroatoms. The molecule has 0 radical (unpaired) electrons. The molecule has 1 aromatic carbocycles. The maximum Gasteiger partial charge on any atom is 0.140 e. The number of nitrogens with zero attached hydrogens (tertiary/aromatic N) is 1. The molecule has 0 atom stereocenters. The van der Waals surface area contributed by atoms with Crippen molar-refractivity contribution in [2.45, 2.75) is 39.0 Å². The Balaban J connectivity index is 1.74. The Labute approximate surface area is 133 Å². The molecule has 2 rings (SSSR count). The van der Waals surface area contributed by atoms with Gasteiger partial charge in [0.25, 0.3) is 0 Å². The Kier molecular flexibility index (Phi) is 6.75. The molecule has 0 aliphatic carbocycles. The van der Waals surface area contributed by atoms with Crippen LogP contribution in [-0.2, 0) is 12.8 Å². The topological polar surface area (TPSA) is 31.4 Å². The lowest BCUT2D eigenvalue weighted by Gasteiger charge is -2.07. The molecule has 0 N–H and O–H groups in total. The minimum Gasteiger partial charge on any atom is -0.495 e. The minimum absolute atomic E-state index is 0.783. The molecule has 22 heavy (non-hydrogen) atoms. The summed E-state index contributed by atoms with van der Waals surface area (Å²) >= 11 is 0. The van der Waals surface area contributed by atoms with Gasteiger partial charge in [-0.2, -0.15) is 0 Å². The smallest absolute Gasteiger partial charge is 0.140 e. The normalized spacial score (nSPS) is 10.5. The summed E-state index contributed by atoms with van der Waals surface area (Å²) in [4.78, 5) is 4.39. The Morgan fingerprint density at radius 1 is 1.00 bits per heavy atom. The van der Waals surface area contributed by atoms with E-state index in [1.807, 2.05) is 18.3 Å². The van der Waals surface area contributed by atoms with E-state index in [-0.39, 0.29) is 0 Å². The van der Waals surface area contributed by atoms with E-state index in [1.54, 1.807) is 7.11 Å². The number of hydrogen-bond acceptors (Lipinski definition) is 3. The molecule has 3 nitrogen and oxygen atoms in total. The zero-order chi connectivity index (χ0) is 15.6. The molecular weight excluding hydrogens is 274 g/mol. The van der Waals surface area contributed by atoms with Crippen molar-refractivity contribution in [3.63, 3.8) is 0 Å². The zero-order valence-electron chi connectivity index (χ0n) is 13.5. The van der Waals surface area contributed by atoms with Crippen LogP contribution in [0, 0.1) is 0 Å². The van der Waals surface area contributed by atoms with E-state index in [4.69, 9.17) is 9.47 Å². The lowest BCUT2D eigenvalue weighted by atomic mass is 10.1. The first-order valence-corrected chi connectivity index (χ1v) is 8.03. The van der Waals surface area contributed by atoms with E-state index in [0.29, 0.717) is 0 Å². The number of aryl methyl sites for hydroxylation is 2. The van der Waals surface area contributed by atoms with Crippen molar-refractivity contribution in [1.29, 1.82) is 0 Å². The van der Waals surface area contributed by atoms with E-state index in [1.165, 1.54) is 5.56 Å². The molecule has 0 unspecified atom stereocenters. The number of hydrogen-bond donors (Lipinski definition) is 0. The first kappa shape index (κ1) is 16.3. The quantitative estimate of drug-likeness (QED) is 0.641. The van der Waals surface area contributed by atoms with Crippen LogP contribution >= 0.6 is 0 Å². The molecule has 118 valence electrons. The molecular formula is C19H25NO2. The van der Waals surface area contributed by atoms with Crippen molar-refractivity contribution < 1.29 is 9.47 Å². The van der Waals surface area contributed by atoms with Crippen LogP contribution in [0.15, 0.2) is 42.6 Å². The summed E-state index contributed by atoms with van der Waals surface area (Å²) < 4.78 is 10.9. The summed E-state index contributed by atoms with van der Waals surface area (Å²) in [7, 11) is 1.70. The van der Waals surface area contributed by atoms with Crippen molar-refractivity contribution >= 4 is 0 Å². The van der Waals surface area contributed by atoms with Gasteiger partial charge in [0.1, 0.15) is 11.5 Å². The predicted molar refractivity (Wildman–Crippen MR) is 89.7 cm³/mol. The Hall–Kier alpha value is -2.03. The van der Waals surface area contributed by atoms with Crippen LogP contribution in [0.25, 0.3) is 0 Å². The molecule has 2 aromatic rings. The third kappa shape index (κ3) is 5.06. The first-order chi connectivity index (χ1) is 10.8. The van der Waals surface area contributed by atoms with Gasteiger partial charge < -0.3 is 9.47 Å². The van der Waals surface area contributed by atoms with Gasteiger partial charge in [0, 0.05) is 6.20 Å². The van der Waals surface area contributed by atoms with E-state index in [0.717, 1.165) is 55.9 Å². The fraction of sp³-hybridized carbons (Fsp3) is 0.421.